The minimum atomic E-state index is -0.649. The molecule has 3 aromatic carbocycles. The van der Waals surface area contributed by atoms with Crippen LogP contribution >= 0.6 is 11.6 Å². The SMILES string of the molecule is Nc1nccc(Oc2ccc(Nc3ncccc3C(=O)Nc3cccc4ccccc34)cc2F)c1Cl. The van der Waals surface area contributed by atoms with Crippen molar-refractivity contribution in [3.63, 3.8) is 0 Å². The highest BCUT2D eigenvalue weighted by Gasteiger charge is 2.16. The van der Waals surface area contributed by atoms with E-state index < -0.39 is 5.82 Å². The fourth-order valence-electron chi connectivity index (χ4n) is 3.65. The zero-order valence-electron chi connectivity index (χ0n) is 18.7. The molecule has 7 nitrogen and oxygen atoms in total. The van der Waals surface area contributed by atoms with E-state index >= 15 is 0 Å². The molecule has 0 aliphatic heterocycles. The fraction of sp³-hybridized carbons (Fsp3) is 0. The Kier molecular flexibility index (Phi) is 6.34. The quantitative estimate of drug-likeness (QED) is 0.237. The van der Waals surface area contributed by atoms with Crippen molar-refractivity contribution in [1.29, 1.82) is 0 Å². The van der Waals surface area contributed by atoms with Gasteiger partial charge in [-0.05, 0) is 35.7 Å². The van der Waals surface area contributed by atoms with Gasteiger partial charge in [0, 0.05) is 41.3 Å². The van der Waals surface area contributed by atoms with Gasteiger partial charge in [-0.1, -0.05) is 48.0 Å². The number of halogens is 2. The van der Waals surface area contributed by atoms with Crippen LogP contribution in [-0.2, 0) is 0 Å². The van der Waals surface area contributed by atoms with Crippen molar-refractivity contribution >= 4 is 51.3 Å². The van der Waals surface area contributed by atoms with Crippen LogP contribution in [-0.4, -0.2) is 15.9 Å². The Hall–Kier alpha value is -4.69. The molecule has 2 aromatic heterocycles. The summed E-state index contributed by atoms with van der Waals surface area (Å²) in [6, 6.07) is 22.5. The van der Waals surface area contributed by atoms with Crippen LogP contribution in [0.5, 0.6) is 11.5 Å². The standard InChI is InChI=1S/C27H19ClFN5O2/c28-24-23(12-14-31-25(24)30)36-22-11-10-17(15-20(22)29)33-26-19(8-4-13-32-26)27(35)34-21-9-3-6-16-5-1-2-7-18(16)21/h1-15H,(H2,30,31)(H,32,33)(H,34,35). The predicted octanol–water partition coefficient (Wildman–Crippen LogP) is 6.79. The summed E-state index contributed by atoms with van der Waals surface area (Å²) >= 11 is 6.08. The first kappa shape index (κ1) is 23.1. The van der Waals surface area contributed by atoms with Gasteiger partial charge in [-0.25, -0.2) is 14.4 Å². The highest BCUT2D eigenvalue weighted by Crippen LogP contribution is 2.34. The third kappa shape index (κ3) is 4.75. The minimum Gasteiger partial charge on any atom is -0.453 e. The van der Waals surface area contributed by atoms with E-state index in [9.17, 15) is 9.18 Å². The number of pyridine rings is 2. The number of carbonyl (C=O) groups excluding carboxylic acids is 1. The van der Waals surface area contributed by atoms with Gasteiger partial charge in [0.1, 0.15) is 16.7 Å². The van der Waals surface area contributed by atoms with Crippen LogP contribution in [0, 0.1) is 5.82 Å². The Morgan fingerprint density at radius 2 is 1.75 bits per heavy atom. The van der Waals surface area contributed by atoms with Crippen molar-refractivity contribution in [2.24, 2.45) is 0 Å². The molecule has 0 bridgehead atoms. The van der Waals surface area contributed by atoms with Gasteiger partial charge in [0.05, 0.1) is 5.56 Å². The first-order valence-corrected chi connectivity index (χ1v) is 11.3. The number of nitrogen functional groups attached to an aromatic ring is 1. The molecule has 0 saturated heterocycles. The smallest absolute Gasteiger partial charge is 0.259 e. The Morgan fingerprint density at radius 3 is 2.61 bits per heavy atom. The molecular formula is C27H19ClFN5O2. The normalized spacial score (nSPS) is 10.7. The van der Waals surface area contributed by atoms with Gasteiger partial charge in [-0.15, -0.1) is 0 Å². The monoisotopic (exact) mass is 499 g/mol. The average Bonchev–Trinajstić information content (AvgIpc) is 2.89. The molecule has 178 valence electrons. The maximum absolute atomic E-state index is 14.8. The van der Waals surface area contributed by atoms with E-state index in [2.05, 4.69) is 20.6 Å². The molecule has 0 saturated carbocycles. The summed E-state index contributed by atoms with van der Waals surface area (Å²) in [6.45, 7) is 0. The Balaban J connectivity index is 1.37. The average molecular weight is 500 g/mol. The highest BCUT2D eigenvalue weighted by atomic mass is 35.5. The summed E-state index contributed by atoms with van der Waals surface area (Å²) in [7, 11) is 0. The maximum atomic E-state index is 14.8. The first-order valence-electron chi connectivity index (χ1n) is 10.9. The molecule has 0 aliphatic carbocycles. The number of ether oxygens (including phenoxy) is 1. The second-order valence-corrected chi connectivity index (χ2v) is 8.14. The Labute approximate surface area is 210 Å². The van der Waals surface area contributed by atoms with Crippen molar-refractivity contribution in [3.8, 4) is 11.5 Å². The van der Waals surface area contributed by atoms with Gasteiger partial charge in [0.25, 0.3) is 5.91 Å². The van der Waals surface area contributed by atoms with Crippen LogP contribution in [0.3, 0.4) is 0 Å². The zero-order valence-corrected chi connectivity index (χ0v) is 19.5. The number of nitrogens with two attached hydrogens (primary N) is 1. The Bertz CT molecular complexity index is 1590. The van der Waals surface area contributed by atoms with Gasteiger partial charge in [0.15, 0.2) is 17.3 Å². The molecule has 0 fully saturated rings. The zero-order chi connectivity index (χ0) is 25.1. The summed E-state index contributed by atoms with van der Waals surface area (Å²) in [6.07, 6.45) is 2.96. The van der Waals surface area contributed by atoms with Crippen LogP contribution in [0.2, 0.25) is 5.02 Å². The third-order valence-electron chi connectivity index (χ3n) is 5.39. The van der Waals surface area contributed by atoms with Crippen LogP contribution in [0.1, 0.15) is 10.4 Å². The second-order valence-electron chi connectivity index (χ2n) is 7.76. The molecule has 36 heavy (non-hydrogen) atoms. The number of hydrogen-bond donors (Lipinski definition) is 3. The summed E-state index contributed by atoms with van der Waals surface area (Å²) in [5.74, 6) is -0.522. The number of fused-ring (bicyclic) bond motifs is 1. The van der Waals surface area contributed by atoms with E-state index in [0.29, 0.717) is 16.9 Å². The van der Waals surface area contributed by atoms with Gasteiger partial charge in [-0.2, -0.15) is 0 Å². The van der Waals surface area contributed by atoms with Crippen molar-refractivity contribution < 1.29 is 13.9 Å². The van der Waals surface area contributed by atoms with Crippen LogP contribution in [0.4, 0.5) is 27.4 Å². The number of rotatable bonds is 6. The number of amides is 1. The lowest BCUT2D eigenvalue weighted by molar-refractivity contribution is 0.102. The third-order valence-corrected chi connectivity index (χ3v) is 5.77. The molecule has 0 unspecified atom stereocenters. The lowest BCUT2D eigenvalue weighted by Crippen LogP contribution is -2.15. The molecule has 9 heteroatoms. The Morgan fingerprint density at radius 1 is 0.917 bits per heavy atom. The van der Waals surface area contributed by atoms with Crippen molar-refractivity contribution in [2.45, 2.75) is 0 Å². The molecule has 0 spiro atoms. The number of hydrogen-bond acceptors (Lipinski definition) is 6. The maximum Gasteiger partial charge on any atom is 0.259 e. The summed E-state index contributed by atoms with van der Waals surface area (Å²) in [4.78, 5) is 21.3. The molecule has 0 aliphatic rings. The number of aromatic nitrogens is 2. The van der Waals surface area contributed by atoms with Crippen molar-refractivity contribution in [3.05, 3.63) is 108 Å². The number of anilines is 4. The highest BCUT2D eigenvalue weighted by molar-refractivity contribution is 6.34. The number of benzene rings is 3. The summed E-state index contributed by atoms with van der Waals surface area (Å²) in [5.41, 5.74) is 7.02. The van der Waals surface area contributed by atoms with E-state index in [1.807, 2.05) is 42.5 Å². The van der Waals surface area contributed by atoms with Gasteiger partial charge >= 0.3 is 0 Å². The van der Waals surface area contributed by atoms with Crippen LogP contribution in [0.25, 0.3) is 10.8 Å². The lowest BCUT2D eigenvalue weighted by atomic mass is 10.1. The molecule has 1 amide bonds. The second kappa shape index (κ2) is 9.89. The van der Waals surface area contributed by atoms with E-state index in [1.54, 1.807) is 24.4 Å². The van der Waals surface area contributed by atoms with Crippen LogP contribution < -0.4 is 21.1 Å². The van der Waals surface area contributed by atoms with Gasteiger partial charge in [0.2, 0.25) is 0 Å². The summed E-state index contributed by atoms with van der Waals surface area (Å²) < 4.78 is 20.4. The number of carbonyl (C=O) groups is 1. The topological polar surface area (TPSA) is 102 Å². The minimum absolute atomic E-state index is 0.0528. The molecule has 0 radical (unpaired) electrons. The van der Waals surface area contributed by atoms with Gasteiger partial charge < -0.3 is 21.1 Å². The number of nitrogens with zero attached hydrogens (tertiary/aromatic N) is 2. The van der Waals surface area contributed by atoms with Crippen molar-refractivity contribution in [2.75, 3.05) is 16.4 Å². The van der Waals surface area contributed by atoms with Crippen molar-refractivity contribution in [1.82, 2.24) is 9.97 Å². The van der Waals surface area contributed by atoms with Crippen LogP contribution in [0.15, 0.2) is 91.3 Å². The predicted molar refractivity (Wildman–Crippen MR) is 140 cm³/mol. The van der Waals surface area contributed by atoms with E-state index in [1.165, 1.54) is 24.4 Å². The molecule has 0 atom stereocenters. The molecule has 5 rings (SSSR count). The number of nitrogens with one attached hydrogen (secondary N) is 2. The summed E-state index contributed by atoms with van der Waals surface area (Å²) in [5, 5.41) is 7.97. The molecular weight excluding hydrogens is 481 g/mol. The largest absolute Gasteiger partial charge is 0.453 e. The fourth-order valence-corrected chi connectivity index (χ4v) is 3.80. The lowest BCUT2D eigenvalue weighted by Gasteiger charge is -2.14. The molecule has 4 N–H and O–H groups in total. The van der Waals surface area contributed by atoms with E-state index in [-0.39, 0.29) is 34.1 Å². The first-order chi connectivity index (χ1) is 17.5. The van der Waals surface area contributed by atoms with Gasteiger partial charge in [-0.3, -0.25) is 4.79 Å². The molecule has 2 heterocycles. The van der Waals surface area contributed by atoms with E-state index in [0.717, 1.165) is 10.8 Å². The van der Waals surface area contributed by atoms with E-state index in [4.69, 9.17) is 22.1 Å². The molecule has 5 aromatic rings.